The molecule has 0 aromatic heterocycles. The number of hydrogen-bond acceptors (Lipinski definition) is 5. The minimum atomic E-state index is -3.58. The molecule has 1 unspecified atom stereocenters. The van der Waals surface area contributed by atoms with Gasteiger partial charge in [-0.25, -0.2) is 8.42 Å². The van der Waals surface area contributed by atoms with Crippen LogP contribution >= 0.6 is 11.6 Å². The molecule has 0 aliphatic carbocycles. The molecule has 8 nitrogen and oxygen atoms in total. The summed E-state index contributed by atoms with van der Waals surface area (Å²) in [5.41, 5.74) is 1.24. The van der Waals surface area contributed by atoms with Crippen molar-refractivity contribution in [3.8, 4) is 0 Å². The van der Waals surface area contributed by atoms with E-state index in [9.17, 15) is 18.0 Å². The van der Waals surface area contributed by atoms with Crippen molar-refractivity contribution in [2.75, 3.05) is 38.0 Å². The zero-order valence-corrected chi connectivity index (χ0v) is 20.3. The van der Waals surface area contributed by atoms with E-state index in [4.69, 9.17) is 11.6 Å². The molecule has 3 rings (SSSR count). The SMILES string of the molecule is CCN1CCN(S(=O)(=O)c2ccc(NC(=O)CC(NC(C)=O)c3ccc(Cl)cc3)cc2)CC1. The van der Waals surface area contributed by atoms with Crippen molar-refractivity contribution in [1.29, 1.82) is 0 Å². The zero-order chi connectivity index (χ0) is 24.0. The number of rotatable bonds is 8. The molecule has 0 saturated carbocycles. The minimum Gasteiger partial charge on any atom is -0.349 e. The molecule has 2 amide bonds. The van der Waals surface area contributed by atoms with Crippen LogP contribution in [-0.2, 0) is 19.6 Å². The van der Waals surface area contributed by atoms with E-state index in [1.54, 1.807) is 36.4 Å². The molecule has 33 heavy (non-hydrogen) atoms. The van der Waals surface area contributed by atoms with Gasteiger partial charge in [0.05, 0.1) is 17.4 Å². The summed E-state index contributed by atoms with van der Waals surface area (Å²) in [6.45, 7) is 6.71. The molecule has 1 atom stereocenters. The van der Waals surface area contributed by atoms with Crippen molar-refractivity contribution in [2.45, 2.75) is 31.2 Å². The van der Waals surface area contributed by atoms with Crippen LogP contribution in [0, 0.1) is 0 Å². The first kappa shape index (κ1) is 25.2. The molecule has 178 valence electrons. The lowest BCUT2D eigenvalue weighted by molar-refractivity contribution is -0.120. The highest BCUT2D eigenvalue weighted by Gasteiger charge is 2.28. The Balaban J connectivity index is 1.64. The topological polar surface area (TPSA) is 98.8 Å². The van der Waals surface area contributed by atoms with Crippen molar-refractivity contribution < 1.29 is 18.0 Å². The van der Waals surface area contributed by atoms with Crippen LogP contribution in [0.5, 0.6) is 0 Å². The van der Waals surface area contributed by atoms with E-state index in [-0.39, 0.29) is 23.1 Å². The quantitative estimate of drug-likeness (QED) is 0.590. The van der Waals surface area contributed by atoms with Gasteiger partial charge in [-0.05, 0) is 48.5 Å². The number of carbonyl (C=O) groups is 2. The molecule has 1 heterocycles. The van der Waals surface area contributed by atoms with Gasteiger partial charge < -0.3 is 15.5 Å². The molecule has 2 aromatic carbocycles. The standard InChI is InChI=1S/C23H29ClN4O4S/c1-3-27-12-14-28(15-13-27)33(31,32)21-10-8-20(9-11-21)26-23(30)16-22(25-17(2)29)18-4-6-19(24)7-5-18/h4-11,22H,3,12-16H2,1-2H3,(H,25,29)(H,26,30). The van der Waals surface area contributed by atoms with Crippen molar-refractivity contribution in [1.82, 2.24) is 14.5 Å². The average Bonchev–Trinajstić information content (AvgIpc) is 2.79. The Bertz CT molecular complexity index is 1070. The molecule has 2 N–H and O–H groups in total. The molecule has 10 heteroatoms. The van der Waals surface area contributed by atoms with E-state index in [0.29, 0.717) is 36.9 Å². The number of hydrogen-bond donors (Lipinski definition) is 2. The highest BCUT2D eigenvalue weighted by Crippen LogP contribution is 2.22. The van der Waals surface area contributed by atoms with Gasteiger partial charge in [-0.1, -0.05) is 30.7 Å². The largest absolute Gasteiger partial charge is 0.349 e. The lowest BCUT2D eigenvalue weighted by Gasteiger charge is -2.33. The zero-order valence-electron chi connectivity index (χ0n) is 18.8. The number of anilines is 1. The Morgan fingerprint density at radius 3 is 2.15 bits per heavy atom. The lowest BCUT2D eigenvalue weighted by atomic mass is 10.0. The number of piperazine rings is 1. The molecule has 1 saturated heterocycles. The van der Waals surface area contributed by atoms with Gasteiger partial charge in [0, 0.05) is 43.8 Å². The lowest BCUT2D eigenvalue weighted by Crippen LogP contribution is -2.48. The third-order valence-electron chi connectivity index (χ3n) is 5.59. The second-order valence-corrected chi connectivity index (χ2v) is 10.3. The van der Waals surface area contributed by atoms with Gasteiger partial charge >= 0.3 is 0 Å². The first-order valence-corrected chi connectivity index (χ1v) is 12.7. The number of nitrogens with one attached hydrogen (secondary N) is 2. The van der Waals surface area contributed by atoms with Gasteiger partial charge in [-0.3, -0.25) is 9.59 Å². The van der Waals surface area contributed by atoms with Crippen LogP contribution in [0.25, 0.3) is 0 Å². The molecule has 0 spiro atoms. The monoisotopic (exact) mass is 492 g/mol. The highest BCUT2D eigenvalue weighted by molar-refractivity contribution is 7.89. The Hall–Kier alpha value is -2.46. The van der Waals surface area contributed by atoms with Gasteiger partial charge in [-0.15, -0.1) is 0 Å². The normalized spacial score (nSPS) is 16.2. The van der Waals surface area contributed by atoms with E-state index >= 15 is 0 Å². The Morgan fingerprint density at radius 2 is 1.61 bits per heavy atom. The molecule has 1 aliphatic rings. The molecular weight excluding hydrogens is 464 g/mol. The predicted octanol–water partition coefficient (Wildman–Crippen LogP) is 2.87. The number of benzene rings is 2. The molecule has 1 fully saturated rings. The van der Waals surface area contributed by atoms with Gasteiger partial charge in [-0.2, -0.15) is 4.31 Å². The third-order valence-corrected chi connectivity index (χ3v) is 7.76. The molecule has 2 aromatic rings. The summed E-state index contributed by atoms with van der Waals surface area (Å²) >= 11 is 5.93. The Kier molecular flexibility index (Phi) is 8.47. The Labute approximate surface area is 200 Å². The summed E-state index contributed by atoms with van der Waals surface area (Å²) < 4.78 is 27.3. The summed E-state index contributed by atoms with van der Waals surface area (Å²) in [5, 5.41) is 6.10. The fourth-order valence-electron chi connectivity index (χ4n) is 3.74. The summed E-state index contributed by atoms with van der Waals surface area (Å²) in [5.74, 6) is -0.563. The summed E-state index contributed by atoms with van der Waals surface area (Å²) in [6.07, 6.45) is 0.0168. The van der Waals surface area contributed by atoms with Crippen LogP contribution in [-0.4, -0.2) is 62.2 Å². The van der Waals surface area contributed by atoms with E-state index in [0.717, 1.165) is 12.1 Å². The number of nitrogens with zero attached hydrogens (tertiary/aromatic N) is 2. The van der Waals surface area contributed by atoms with Crippen molar-refractivity contribution >= 4 is 39.1 Å². The van der Waals surface area contributed by atoms with E-state index in [1.165, 1.54) is 23.4 Å². The maximum absolute atomic E-state index is 12.9. The van der Waals surface area contributed by atoms with Crippen molar-refractivity contribution in [2.24, 2.45) is 0 Å². The molecular formula is C23H29ClN4O4S. The van der Waals surface area contributed by atoms with Crippen LogP contribution in [0.1, 0.15) is 31.9 Å². The van der Waals surface area contributed by atoms with Crippen LogP contribution in [0.4, 0.5) is 5.69 Å². The molecule has 1 aliphatic heterocycles. The first-order valence-electron chi connectivity index (χ1n) is 10.8. The fraction of sp³-hybridized carbons (Fsp3) is 0.391. The second kappa shape index (κ2) is 11.1. The van der Waals surface area contributed by atoms with Gasteiger partial charge in [0.15, 0.2) is 0 Å². The van der Waals surface area contributed by atoms with E-state index in [1.807, 2.05) is 0 Å². The average molecular weight is 493 g/mol. The number of sulfonamides is 1. The maximum atomic E-state index is 12.9. The van der Waals surface area contributed by atoms with Crippen LogP contribution < -0.4 is 10.6 Å². The Morgan fingerprint density at radius 1 is 1.00 bits per heavy atom. The van der Waals surface area contributed by atoms with Crippen LogP contribution in [0.15, 0.2) is 53.4 Å². The van der Waals surface area contributed by atoms with Crippen molar-refractivity contribution in [3.63, 3.8) is 0 Å². The van der Waals surface area contributed by atoms with E-state index < -0.39 is 16.1 Å². The van der Waals surface area contributed by atoms with E-state index in [2.05, 4.69) is 22.5 Å². The number of carbonyl (C=O) groups excluding carboxylic acids is 2. The first-order chi connectivity index (χ1) is 15.7. The highest BCUT2D eigenvalue weighted by atomic mass is 35.5. The maximum Gasteiger partial charge on any atom is 0.243 e. The molecule has 0 bridgehead atoms. The van der Waals surface area contributed by atoms with Crippen LogP contribution in [0.3, 0.4) is 0 Å². The van der Waals surface area contributed by atoms with Crippen molar-refractivity contribution in [3.05, 3.63) is 59.1 Å². The number of amides is 2. The number of likely N-dealkylation sites (N-methyl/N-ethyl adjacent to an activating group) is 1. The van der Waals surface area contributed by atoms with Crippen LogP contribution in [0.2, 0.25) is 5.02 Å². The summed E-state index contributed by atoms with van der Waals surface area (Å²) in [7, 11) is -3.58. The molecule has 0 radical (unpaired) electrons. The predicted molar refractivity (Wildman–Crippen MR) is 129 cm³/mol. The summed E-state index contributed by atoms with van der Waals surface area (Å²) in [4.78, 5) is 26.6. The summed E-state index contributed by atoms with van der Waals surface area (Å²) in [6, 6.07) is 12.6. The van der Waals surface area contributed by atoms with Gasteiger partial charge in [0.1, 0.15) is 0 Å². The minimum absolute atomic E-state index is 0.0168. The fourth-order valence-corrected chi connectivity index (χ4v) is 5.28. The smallest absolute Gasteiger partial charge is 0.243 e. The number of halogens is 1. The van der Waals surface area contributed by atoms with Gasteiger partial charge in [0.25, 0.3) is 0 Å². The third kappa shape index (κ3) is 6.77. The van der Waals surface area contributed by atoms with Gasteiger partial charge in [0.2, 0.25) is 21.8 Å². The second-order valence-electron chi connectivity index (χ2n) is 7.92.